The van der Waals surface area contributed by atoms with Crippen molar-refractivity contribution in [3.8, 4) is 0 Å². The summed E-state index contributed by atoms with van der Waals surface area (Å²) in [6, 6.07) is 0. The van der Waals surface area contributed by atoms with E-state index in [2.05, 4.69) is 73.1 Å². The van der Waals surface area contributed by atoms with E-state index in [4.69, 9.17) is 0 Å². The zero-order valence-electron chi connectivity index (χ0n) is 14.1. The van der Waals surface area contributed by atoms with E-state index >= 15 is 0 Å². The zero-order chi connectivity index (χ0) is 14.9. The molecule has 0 aliphatic rings. The third kappa shape index (κ3) is 13.5. The Balaban J connectivity index is 3.96. The van der Waals surface area contributed by atoms with Crippen LogP contribution in [0.15, 0.2) is 34.9 Å². The SMILES string of the molecule is CC(C)=CCCC(C)=CCCC(C)=C[CH]C(C)(C)C. The molecule has 0 spiro atoms. The Bertz CT molecular complexity index is 328. The lowest BCUT2D eigenvalue weighted by Gasteiger charge is -2.15. The average Bonchev–Trinajstić information content (AvgIpc) is 2.25. The van der Waals surface area contributed by atoms with Gasteiger partial charge in [0, 0.05) is 0 Å². The van der Waals surface area contributed by atoms with Crippen LogP contribution in [-0.4, -0.2) is 0 Å². The third-order valence-corrected chi connectivity index (χ3v) is 2.99. The highest BCUT2D eigenvalue weighted by Crippen LogP contribution is 2.20. The molecule has 0 saturated carbocycles. The minimum atomic E-state index is 0.289. The van der Waals surface area contributed by atoms with Crippen molar-refractivity contribution in [3.63, 3.8) is 0 Å². The van der Waals surface area contributed by atoms with Crippen LogP contribution in [0.1, 0.15) is 74.1 Å². The maximum atomic E-state index is 2.40. The van der Waals surface area contributed by atoms with Gasteiger partial charge in [-0.1, -0.05) is 55.7 Å². The molecule has 0 rings (SSSR count). The second-order valence-corrected chi connectivity index (χ2v) is 6.96. The summed E-state index contributed by atoms with van der Waals surface area (Å²) in [7, 11) is 0. The third-order valence-electron chi connectivity index (χ3n) is 2.99. The van der Waals surface area contributed by atoms with Crippen molar-refractivity contribution in [2.45, 2.75) is 74.1 Å². The quantitative estimate of drug-likeness (QED) is 0.450. The monoisotopic (exact) mass is 261 g/mol. The van der Waals surface area contributed by atoms with Crippen LogP contribution in [0.25, 0.3) is 0 Å². The molecule has 0 unspecified atom stereocenters. The molecule has 1 radical (unpaired) electrons. The normalized spacial score (nSPS) is 13.6. The Morgan fingerprint density at radius 1 is 0.789 bits per heavy atom. The molecule has 0 fully saturated rings. The summed E-state index contributed by atoms with van der Waals surface area (Å²) in [4.78, 5) is 0. The van der Waals surface area contributed by atoms with E-state index in [-0.39, 0.29) is 5.41 Å². The van der Waals surface area contributed by atoms with Gasteiger partial charge >= 0.3 is 0 Å². The van der Waals surface area contributed by atoms with Crippen molar-refractivity contribution in [1.82, 2.24) is 0 Å². The summed E-state index contributed by atoms with van der Waals surface area (Å²) in [6.07, 6.45) is 14.0. The number of rotatable bonds is 7. The smallest absolute Gasteiger partial charge is 0.0114 e. The Morgan fingerprint density at radius 2 is 1.32 bits per heavy atom. The standard InChI is InChI=1S/C19H33/c1-16(2)10-8-11-17(3)12-9-13-18(4)14-15-19(5,6)7/h10,12,14-15H,8-9,11,13H2,1-7H3. The van der Waals surface area contributed by atoms with Crippen LogP contribution in [0.4, 0.5) is 0 Å². The van der Waals surface area contributed by atoms with Crippen LogP contribution in [-0.2, 0) is 0 Å². The van der Waals surface area contributed by atoms with E-state index < -0.39 is 0 Å². The molecule has 0 nitrogen and oxygen atoms in total. The molecule has 0 heteroatoms. The fourth-order valence-corrected chi connectivity index (χ4v) is 1.71. The average molecular weight is 261 g/mol. The molecule has 0 aliphatic carbocycles. The Hall–Kier alpha value is -0.780. The fourth-order valence-electron chi connectivity index (χ4n) is 1.71. The number of hydrogen-bond acceptors (Lipinski definition) is 0. The van der Waals surface area contributed by atoms with Crippen molar-refractivity contribution < 1.29 is 0 Å². The van der Waals surface area contributed by atoms with E-state index in [9.17, 15) is 0 Å². The van der Waals surface area contributed by atoms with E-state index in [1.54, 1.807) is 0 Å². The second-order valence-electron chi connectivity index (χ2n) is 6.96. The summed E-state index contributed by atoms with van der Waals surface area (Å²) in [5.41, 5.74) is 4.70. The molecule has 0 heterocycles. The summed E-state index contributed by atoms with van der Waals surface area (Å²) in [5, 5.41) is 0. The molecule has 0 aliphatic heterocycles. The van der Waals surface area contributed by atoms with E-state index in [0.717, 1.165) is 0 Å². The molecule has 0 amide bonds. The lowest BCUT2D eigenvalue weighted by molar-refractivity contribution is 0.509. The highest BCUT2D eigenvalue weighted by molar-refractivity contribution is 5.11. The molecule has 0 aromatic rings. The van der Waals surface area contributed by atoms with E-state index in [1.165, 1.54) is 42.4 Å². The van der Waals surface area contributed by atoms with Crippen LogP contribution in [0.3, 0.4) is 0 Å². The first kappa shape index (κ1) is 18.2. The molecule has 109 valence electrons. The van der Waals surface area contributed by atoms with Gasteiger partial charge in [0.1, 0.15) is 0 Å². The predicted molar refractivity (Wildman–Crippen MR) is 89.2 cm³/mol. The van der Waals surface area contributed by atoms with Crippen LogP contribution in [0.5, 0.6) is 0 Å². The minimum absolute atomic E-state index is 0.289. The van der Waals surface area contributed by atoms with Crippen molar-refractivity contribution in [2.75, 3.05) is 0 Å². The molecular weight excluding hydrogens is 228 g/mol. The predicted octanol–water partition coefficient (Wildman–Crippen LogP) is 6.66. The lowest BCUT2D eigenvalue weighted by atomic mass is 9.91. The van der Waals surface area contributed by atoms with Gasteiger partial charge in [-0.2, -0.15) is 0 Å². The van der Waals surface area contributed by atoms with Gasteiger partial charge in [0.05, 0.1) is 0 Å². The Kier molecular flexibility index (Phi) is 8.80. The Labute approximate surface area is 121 Å². The van der Waals surface area contributed by atoms with Gasteiger partial charge in [-0.05, 0) is 65.2 Å². The van der Waals surface area contributed by atoms with Crippen molar-refractivity contribution >= 4 is 0 Å². The van der Waals surface area contributed by atoms with Gasteiger partial charge in [-0.3, -0.25) is 0 Å². The van der Waals surface area contributed by atoms with Crippen LogP contribution in [0.2, 0.25) is 0 Å². The molecule has 0 atom stereocenters. The van der Waals surface area contributed by atoms with Gasteiger partial charge in [0.2, 0.25) is 0 Å². The first-order valence-corrected chi connectivity index (χ1v) is 7.51. The second kappa shape index (κ2) is 9.18. The molecule has 0 aromatic carbocycles. The van der Waals surface area contributed by atoms with E-state index in [1.807, 2.05) is 0 Å². The first-order chi connectivity index (χ1) is 8.70. The van der Waals surface area contributed by atoms with Gasteiger partial charge in [0.25, 0.3) is 0 Å². The van der Waals surface area contributed by atoms with Crippen LogP contribution >= 0.6 is 0 Å². The van der Waals surface area contributed by atoms with Crippen molar-refractivity contribution in [2.24, 2.45) is 5.41 Å². The molecular formula is C19H33. The maximum absolute atomic E-state index is 2.40. The minimum Gasteiger partial charge on any atom is -0.0856 e. The van der Waals surface area contributed by atoms with Crippen LogP contribution in [0, 0.1) is 11.8 Å². The number of allylic oxidation sites excluding steroid dienone is 6. The summed E-state index contributed by atoms with van der Waals surface area (Å²) in [5.74, 6) is 0. The lowest BCUT2D eigenvalue weighted by Crippen LogP contribution is -2.03. The van der Waals surface area contributed by atoms with Gasteiger partial charge in [-0.15, -0.1) is 0 Å². The largest absolute Gasteiger partial charge is 0.0856 e. The first-order valence-electron chi connectivity index (χ1n) is 7.51. The Morgan fingerprint density at radius 3 is 1.84 bits per heavy atom. The van der Waals surface area contributed by atoms with Crippen molar-refractivity contribution in [3.05, 3.63) is 41.4 Å². The van der Waals surface area contributed by atoms with E-state index in [0.29, 0.717) is 0 Å². The van der Waals surface area contributed by atoms with Gasteiger partial charge in [-0.25, -0.2) is 0 Å². The van der Waals surface area contributed by atoms with Gasteiger partial charge < -0.3 is 0 Å². The number of hydrogen-bond donors (Lipinski definition) is 0. The summed E-state index contributed by atoms with van der Waals surface area (Å²) >= 11 is 0. The molecule has 0 aromatic heterocycles. The summed E-state index contributed by atoms with van der Waals surface area (Å²) < 4.78 is 0. The van der Waals surface area contributed by atoms with Gasteiger partial charge in [0.15, 0.2) is 0 Å². The molecule has 0 N–H and O–H groups in total. The topological polar surface area (TPSA) is 0 Å². The summed E-state index contributed by atoms with van der Waals surface area (Å²) in [6.45, 7) is 15.5. The highest BCUT2D eigenvalue weighted by atomic mass is 14.1. The highest BCUT2D eigenvalue weighted by Gasteiger charge is 2.07. The molecule has 0 bridgehead atoms. The zero-order valence-corrected chi connectivity index (χ0v) is 14.1. The van der Waals surface area contributed by atoms with Crippen molar-refractivity contribution in [1.29, 1.82) is 0 Å². The van der Waals surface area contributed by atoms with Crippen LogP contribution < -0.4 is 0 Å². The molecule has 19 heavy (non-hydrogen) atoms. The maximum Gasteiger partial charge on any atom is -0.0114 e. The molecule has 0 saturated heterocycles. The fraction of sp³-hybridized carbons (Fsp3) is 0.632.